The fraction of sp³-hybridized carbons (Fsp3) is 0.353. The summed E-state index contributed by atoms with van der Waals surface area (Å²) in [5, 5.41) is 9.33. The lowest BCUT2D eigenvalue weighted by molar-refractivity contribution is -0.139. The molecule has 1 saturated carbocycles. The van der Waals surface area contributed by atoms with E-state index in [1.165, 1.54) is 6.07 Å². The molecule has 1 aromatic carbocycles. The SMILES string of the molecule is Cc1ncc(OCC2(c3ccccc3F)CC2C(=O)O)c(C)n1. The first-order valence-electron chi connectivity index (χ1n) is 7.35. The molecule has 1 aliphatic rings. The summed E-state index contributed by atoms with van der Waals surface area (Å²) in [6.45, 7) is 3.65. The molecule has 1 heterocycles. The summed E-state index contributed by atoms with van der Waals surface area (Å²) in [4.78, 5) is 19.7. The van der Waals surface area contributed by atoms with Crippen LogP contribution in [0.25, 0.3) is 0 Å². The van der Waals surface area contributed by atoms with Gasteiger partial charge in [-0.15, -0.1) is 0 Å². The van der Waals surface area contributed by atoms with Gasteiger partial charge in [0.15, 0.2) is 5.75 Å². The van der Waals surface area contributed by atoms with Gasteiger partial charge in [0, 0.05) is 5.41 Å². The minimum atomic E-state index is -0.936. The zero-order valence-electron chi connectivity index (χ0n) is 12.9. The van der Waals surface area contributed by atoms with E-state index in [-0.39, 0.29) is 6.61 Å². The molecule has 1 fully saturated rings. The van der Waals surface area contributed by atoms with Crippen LogP contribution in [-0.4, -0.2) is 27.7 Å². The number of carboxylic acid groups (broad SMARTS) is 1. The highest BCUT2D eigenvalue weighted by atomic mass is 19.1. The van der Waals surface area contributed by atoms with E-state index in [9.17, 15) is 14.3 Å². The number of carbonyl (C=O) groups is 1. The molecule has 0 bridgehead atoms. The average Bonchev–Trinajstić information content (AvgIpc) is 3.23. The molecule has 3 rings (SSSR count). The monoisotopic (exact) mass is 316 g/mol. The van der Waals surface area contributed by atoms with Crippen LogP contribution in [0.3, 0.4) is 0 Å². The maximum Gasteiger partial charge on any atom is 0.307 e. The third-order valence-electron chi connectivity index (χ3n) is 4.32. The number of rotatable bonds is 5. The van der Waals surface area contributed by atoms with Gasteiger partial charge in [-0.3, -0.25) is 4.79 Å². The van der Waals surface area contributed by atoms with E-state index in [4.69, 9.17) is 4.74 Å². The van der Waals surface area contributed by atoms with Crippen molar-refractivity contribution >= 4 is 5.97 Å². The molecule has 0 saturated heterocycles. The van der Waals surface area contributed by atoms with Gasteiger partial charge >= 0.3 is 5.97 Å². The lowest BCUT2D eigenvalue weighted by atomic mass is 9.93. The molecule has 23 heavy (non-hydrogen) atoms. The molecular formula is C17H17FN2O3. The highest BCUT2D eigenvalue weighted by Gasteiger charge is 2.61. The first kappa shape index (κ1) is 15.4. The first-order chi connectivity index (χ1) is 10.9. The summed E-state index contributed by atoms with van der Waals surface area (Å²) in [5.74, 6) is -0.868. The number of carboxylic acids is 1. The van der Waals surface area contributed by atoms with E-state index in [2.05, 4.69) is 9.97 Å². The van der Waals surface area contributed by atoms with Crippen LogP contribution in [0.4, 0.5) is 4.39 Å². The number of aryl methyl sites for hydroxylation is 2. The van der Waals surface area contributed by atoms with E-state index in [1.54, 1.807) is 38.2 Å². The molecule has 0 amide bonds. The van der Waals surface area contributed by atoms with E-state index >= 15 is 0 Å². The smallest absolute Gasteiger partial charge is 0.307 e. The number of aromatic nitrogens is 2. The van der Waals surface area contributed by atoms with Crippen LogP contribution in [0.5, 0.6) is 5.75 Å². The summed E-state index contributed by atoms with van der Waals surface area (Å²) >= 11 is 0. The fourth-order valence-corrected chi connectivity index (χ4v) is 2.95. The maximum absolute atomic E-state index is 14.1. The largest absolute Gasteiger partial charge is 0.489 e. The van der Waals surface area contributed by atoms with Crippen molar-refractivity contribution in [2.45, 2.75) is 25.7 Å². The molecule has 0 spiro atoms. The van der Waals surface area contributed by atoms with Crippen LogP contribution in [0, 0.1) is 25.6 Å². The Morgan fingerprint density at radius 3 is 2.78 bits per heavy atom. The number of ether oxygens (including phenoxy) is 1. The summed E-state index contributed by atoms with van der Waals surface area (Å²) in [7, 11) is 0. The Labute approximate surface area is 133 Å². The van der Waals surface area contributed by atoms with Gasteiger partial charge in [-0.25, -0.2) is 14.4 Å². The van der Waals surface area contributed by atoms with Crippen molar-refractivity contribution in [1.82, 2.24) is 9.97 Å². The van der Waals surface area contributed by atoms with Crippen LogP contribution < -0.4 is 4.74 Å². The van der Waals surface area contributed by atoms with Crippen molar-refractivity contribution in [3.05, 3.63) is 53.4 Å². The number of benzene rings is 1. The summed E-state index contributed by atoms with van der Waals surface area (Å²) in [6, 6.07) is 6.26. The highest BCUT2D eigenvalue weighted by Crippen LogP contribution is 2.55. The van der Waals surface area contributed by atoms with E-state index in [0.717, 1.165) is 0 Å². The highest BCUT2D eigenvalue weighted by molar-refractivity contribution is 5.77. The first-order valence-corrected chi connectivity index (χ1v) is 7.35. The molecule has 1 aromatic heterocycles. The molecule has 2 atom stereocenters. The second-order valence-corrected chi connectivity index (χ2v) is 5.89. The summed E-state index contributed by atoms with van der Waals surface area (Å²) < 4.78 is 19.9. The number of halogens is 1. The second-order valence-electron chi connectivity index (χ2n) is 5.89. The predicted molar refractivity (Wildman–Crippen MR) is 80.8 cm³/mol. The zero-order chi connectivity index (χ0) is 16.6. The van der Waals surface area contributed by atoms with Crippen molar-refractivity contribution in [2.75, 3.05) is 6.61 Å². The van der Waals surface area contributed by atoms with E-state index in [1.807, 2.05) is 0 Å². The Hall–Kier alpha value is -2.50. The van der Waals surface area contributed by atoms with Crippen molar-refractivity contribution < 1.29 is 19.0 Å². The van der Waals surface area contributed by atoms with Crippen molar-refractivity contribution in [3.8, 4) is 5.75 Å². The third kappa shape index (κ3) is 2.76. The molecule has 2 unspecified atom stereocenters. The van der Waals surface area contributed by atoms with Gasteiger partial charge < -0.3 is 9.84 Å². The Balaban J connectivity index is 1.87. The quantitative estimate of drug-likeness (QED) is 0.918. The Bertz CT molecular complexity index is 765. The summed E-state index contributed by atoms with van der Waals surface area (Å²) in [5.41, 5.74) is 0.223. The molecule has 0 aliphatic heterocycles. The van der Waals surface area contributed by atoms with Gasteiger partial charge in [-0.05, 0) is 31.9 Å². The van der Waals surface area contributed by atoms with Crippen LogP contribution in [0.1, 0.15) is 23.5 Å². The fourth-order valence-electron chi connectivity index (χ4n) is 2.95. The lowest BCUT2D eigenvalue weighted by Gasteiger charge is -2.19. The normalized spacial score (nSPS) is 22.7. The zero-order valence-corrected chi connectivity index (χ0v) is 12.9. The molecule has 0 radical (unpaired) electrons. The minimum absolute atomic E-state index is 0.0815. The van der Waals surface area contributed by atoms with Crippen molar-refractivity contribution in [1.29, 1.82) is 0 Å². The van der Waals surface area contributed by atoms with Crippen LogP contribution >= 0.6 is 0 Å². The van der Waals surface area contributed by atoms with Crippen LogP contribution in [0.2, 0.25) is 0 Å². The van der Waals surface area contributed by atoms with Crippen LogP contribution in [0.15, 0.2) is 30.5 Å². The topological polar surface area (TPSA) is 72.3 Å². The van der Waals surface area contributed by atoms with Crippen molar-refractivity contribution in [3.63, 3.8) is 0 Å². The van der Waals surface area contributed by atoms with Crippen molar-refractivity contribution in [2.24, 2.45) is 5.92 Å². The molecule has 6 heteroatoms. The standard InChI is InChI=1S/C17H17FN2O3/c1-10-15(8-19-11(2)20-10)23-9-17(7-13(17)16(21)22)12-5-3-4-6-14(12)18/h3-6,8,13H,7,9H2,1-2H3,(H,21,22). The Kier molecular flexibility index (Phi) is 3.75. The molecule has 1 aliphatic carbocycles. The number of hydrogen-bond donors (Lipinski definition) is 1. The summed E-state index contributed by atoms with van der Waals surface area (Å²) in [6.07, 6.45) is 1.92. The molecular weight excluding hydrogens is 299 g/mol. The lowest BCUT2D eigenvalue weighted by Crippen LogP contribution is -2.25. The van der Waals surface area contributed by atoms with Gasteiger partial charge in [-0.1, -0.05) is 18.2 Å². The molecule has 2 aromatic rings. The van der Waals surface area contributed by atoms with Gasteiger partial charge in [-0.2, -0.15) is 0 Å². The Morgan fingerprint density at radius 1 is 1.43 bits per heavy atom. The van der Waals surface area contributed by atoms with Gasteiger partial charge in [0.1, 0.15) is 11.6 Å². The van der Waals surface area contributed by atoms with Gasteiger partial charge in [0.2, 0.25) is 0 Å². The number of nitrogens with zero attached hydrogens (tertiary/aromatic N) is 2. The third-order valence-corrected chi connectivity index (χ3v) is 4.32. The van der Waals surface area contributed by atoms with E-state index in [0.29, 0.717) is 29.3 Å². The van der Waals surface area contributed by atoms with Gasteiger partial charge in [0.05, 0.1) is 24.4 Å². The Morgan fingerprint density at radius 2 is 2.17 bits per heavy atom. The molecule has 120 valence electrons. The second kappa shape index (κ2) is 5.61. The maximum atomic E-state index is 14.1. The minimum Gasteiger partial charge on any atom is -0.489 e. The predicted octanol–water partition coefficient (Wildman–Crippen LogP) is 2.65. The number of hydrogen-bond acceptors (Lipinski definition) is 4. The van der Waals surface area contributed by atoms with Crippen LogP contribution in [-0.2, 0) is 10.2 Å². The molecule has 5 nitrogen and oxygen atoms in total. The average molecular weight is 316 g/mol. The van der Waals surface area contributed by atoms with E-state index < -0.39 is 23.1 Å². The number of aliphatic carboxylic acids is 1. The van der Waals surface area contributed by atoms with Gasteiger partial charge in [0.25, 0.3) is 0 Å². The molecule has 1 N–H and O–H groups in total.